The molecule has 0 heterocycles. The number of benzene rings is 1. The molecule has 1 nitrogen and oxygen atoms in total. The van der Waals surface area contributed by atoms with Gasteiger partial charge >= 0.3 is 0 Å². The van der Waals surface area contributed by atoms with E-state index in [2.05, 4.69) is 79.7 Å². The van der Waals surface area contributed by atoms with Crippen LogP contribution in [-0.2, 0) is 5.60 Å². The maximum absolute atomic E-state index is 10.6. The average Bonchev–Trinajstić information content (AvgIpc) is 2.33. The number of hydrogen-bond acceptors (Lipinski definition) is 1. The van der Waals surface area contributed by atoms with Gasteiger partial charge in [-0.05, 0) is 47.1 Å². The van der Waals surface area contributed by atoms with E-state index >= 15 is 0 Å². The van der Waals surface area contributed by atoms with Crippen LogP contribution in [0.15, 0.2) is 24.3 Å². The second-order valence-electron chi connectivity index (χ2n) is 9.61. The van der Waals surface area contributed by atoms with E-state index in [1.54, 1.807) is 0 Å². The van der Waals surface area contributed by atoms with Gasteiger partial charge in [-0.3, -0.25) is 0 Å². The molecule has 1 heteroatoms. The van der Waals surface area contributed by atoms with Gasteiger partial charge in [0.15, 0.2) is 0 Å². The molecule has 22 heavy (non-hydrogen) atoms. The van der Waals surface area contributed by atoms with Crippen LogP contribution in [0.25, 0.3) is 0 Å². The third-order valence-corrected chi connectivity index (χ3v) is 4.88. The Morgan fingerprint density at radius 2 is 1.32 bits per heavy atom. The van der Waals surface area contributed by atoms with Gasteiger partial charge in [0.2, 0.25) is 0 Å². The monoisotopic (exact) mass is 304 g/mol. The van der Waals surface area contributed by atoms with Gasteiger partial charge in [0, 0.05) is 0 Å². The number of aliphatic hydroxyl groups is 1. The van der Waals surface area contributed by atoms with Crippen molar-refractivity contribution in [3.05, 3.63) is 35.4 Å². The molecule has 2 unspecified atom stereocenters. The van der Waals surface area contributed by atoms with E-state index in [4.69, 9.17) is 0 Å². The highest BCUT2D eigenvalue weighted by Gasteiger charge is 2.31. The first-order chi connectivity index (χ1) is 9.75. The Morgan fingerprint density at radius 1 is 0.864 bits per heavy atom. The van der Waals surface area contributed by atoms with E-state index < -0.39 is 5.60 Å². The topological polar surface area (TPSA) is 20.2 Å². The van der Waals surface area contributed by atoms with Crippen molar-refractivity contribution in [3.63, 3.8) is 0 Å². The molecule has 0 saturated heterocycles. The minimum absolute atomic E-state index is 0.200. The predicted molar refractivity (Wildman–Crippen MR) is 97.1 cm³/mol. The van der Waals surface area contributed by atoms with Crippen molar-refractivity contribution in [2.45, 2.75) is 80.3 Å². The molecule has 0 aromatic heterocycles. The summed E-state index contributed by atoms with van der Waals surface area (Å²) >= 11 is 0. The molecule has 0 aliphatic carbocycles. The van der Waals surface area contributed by atoms with Crippen LogP contribution in [0.1, 0.15) is 85.8 Å². The van der Waals surface area contributed by atoms with Crippen LogP contribution in [0.4, 0.5) is 0 Å². The van der Waals surface area contributed by atoms with Gasteiger partial charge < -0.3 is 5.11 Å². The van der Waals surface area contributed by atoms with E-state index in [1.807, 2.05) is 6.92 Å². The number of rotatable bonds is 4. The summed E-state index contributed by atoms with van der Waals surface area (Å²) in [4.78, 5) is 0. The van der Waals surface area contributed by atoms with Crippen molar-refractivity contribution >= 4 is 0 Å². The van der Waals surface area contributed by atoms with E-state index in [-0.39, 0.29) is 11.3 Å². The Morgan fingerprint density at radius 3 is 1.64 bits per heavy atom. The molecule has 0 aliphatic heterocycles. The van der Waals surface area contributed by atoms with Crippen LogP contribution in [0.5, 0.6) is 0 Å². The summed E-state index contributed by atoms with van der Waals surface area (Å²) in [5.74, 6) is 0.719. The van der Waals surface area contributed by atoms with Crippen molar-refractivity contribution in [1.82, 2.24) is 0 Å². The zero-order valence-corrected chi connectivity index (χ0v) is 16.1. The average molecular weight is 305 g/mol. The number of hydrogen-bond donors (Lipinski definition) is 1. The highest BCUT2D eigenvalue weighted by Crippen LogP contribution is 2.43. The first-order valence-electron chi connectivity index (χ1n) is 8.58. The molecule has 0 radical (unpaired) electrons. The second kappa shape index (κ2) is 6.35. The Kier molecular flexibility index (Phi) is 5.55. The predicted octanol–water partition coefficient (Wildman–Crippen LogP) is 6.12. The van der Waals surface area contributed by atoms with Crippen LogP contribution in [0.3, 0.4) is 0 Å². The molecule has 1 aromatic carbocycles. The first-order valence-corrected chi connectivity index (χ1v) is 8.58. The zero-order valence-electron chi connectivity index (χ0n) is 16.1. The Bertz CT molecular complexity index is 466. The minimum atomic E-state index is -0.764. The van der Waals surface area contributed by atoms with Gasteiger partial charge in [-0.25, -0.2) is 0 Å². The molecule has 0 saturated carbocycles. The molecule has 126 valence electrons. The molecule has 0 aliphatic rings. The fourth-order valence-corrected chi connectivity index (χ4v) is 2.92. The zero-order chi connectivity index (χ0) is 17.3. The summed E-state index contributed by atoms with van der Waals surface area (Å²) in [6.07, 6.45) is 1.16. The minimum Gasteiger partial charge on any atom is -0.385 e. The van der Waals surface area contributed by atoms with E-state index in [1.165, 1.54) is 5.56 Å². The third-order valence-electron chi connectivity index (χ3n) is 4.88. The van der Waals surface area contributed by atoms with Crippen molar-refractivity contribution in [1.29, 1.82) is 0 Å². The van der Waals surface area contributed by atoms with Crippen LogP contribution < -0.4 is 0 Å². The molecule has 1 N–H and O–H groups in total. The highest BCUT2D eigenvalue weighted by molar-refractivity contribution is 5.30. The Hall–Kier alpha value is -0.820. The molecule has 0 bridgehead atoms. The lowest BCUT2D eigenvalue weighted by Gasteiger charge is -2.36. The quantitative estimate of drug-likeness (QED) is 0.711. The van der Waals surface area contributed by atoms with Gasteiger partial charge in [0.05, 0.1) is 5.60 Å². The van der Waals surface area contributed by atoms with Crippen LogP contribution in [-0.4, -0.2) is 5.11 Å². The van der Waals surface area contributed by atoms with Gasteiger partial charge in [0.1, 0.15) is 0 Å². The summed E-state index contributed by atoms with van der Waals surface area (Å²) < 4.78 is 0. The van der Waals surface area contributed by atoms with Crippen LogP contribution in [0, 0.1) is 16.7 Å². The molecular weight excluding hydrogens is 268 g/mol. The van der Waals surface area contributed by atoms with Crippen molar-refractivity contribution in [2.75, 3.05) is 0 Å². The lowest BCUT2D eigenvalue weighted by molar-refractivity contribution is 0.00902. The summed E-state index contributed by atoms with van der Waals surface area (Å²) in [5.41, 5.74) is 2.16. The maximum atomic E-state index is 10.6. The molecule has 2 atom stereocenters. The smallest absolute Gasteiger partial charge is 0.0891 e. The maximum Gasteiger partial charge on any atom is 0.0891 e. The SMILES string of the molecule is CC(C)C(C)(O)c1ccc(C(CC(C)(C)C)C(C)(C)C)cc1. The first kappa shape index (κ1) is 19.2. The fourth-order valence-electron chi connectivity index (χ4n) is 2.92. The summed E-state index contributed by atoms with van der Waals surface area (Å²) in [6.45, 7) is 19.9. The van der Waals surface area contributed by atoms with Crippen LogP contribution in [0.2, 0.25) is 0 Å². The summed E-state index contributed by atoms with van der Waals surface area (Å²) in [5, 5.41) is 10.6. The molecule has 0 fully saturated rings. The third kappa shape index (κ3) is 4.84. The highest BCUT2D eigenvalue weighted by atomic mass is 16.3. The van der Waals surface area contributed by atoms with Crippen molar-refractivity contribution in [2.24, 2.45) is 16.7 Å². The lowest BCUT2D eigenvalue weighted by Crippen LogP contribution is -2.28. The van der Waals surface area contributed by atoms with Gasteiger partial charge in [-0.15, -0.1) is 0 Å². The normalized spacial score (nSPS) is 17.4. The van der Waals surface area contributed by atoms with Gasteiger partial charge in [-0.1, -0.05) is 79.7 Å². The van der Waals surface area contributed by atoms with Crippen molar-refractivity contribution in [3.8, 4) is 0 Å². The summed E-state index contributed by atoms with van der Waals surface area (Å²) in [6, 6.07) is 8.65. The van der Waals surface area contributed by atoms with E-state index in [0.29, 0.717) is 11.3 Å². The second-order valence-corrected chi connectivity index (χ2v) is 9.61. The Balaban J connectivity index is 3.14. The van der Waals surface area contributed by atoms with Gasteiger partial charge in [-0.2, -0.15) is 0 Å². The lowest BCUT2D eigenvalue weighted by atomic mass is 9.69. The van der Waals surface area contributed by atoms with Crippen LogP contribution >= 0.6 is 0 Å². The summed E-state index contributed by atoms with van der Waals surface area (Å²) in [7, 11) is 0. The Labute approximate surface area is 138 Å². The molecule has 0 amide bonds. The fraction of sp³-hybridized carbons (Fsp3) is 0.714. The molecule has 0 spiro atoms. The largest absolute Gasteiger partial charge is 0.385 e. The van der Waals surface area contributed by atoms with E-state index in [9.17, 15) is 5.11 Å². The standard InChI is InChI=1S/C21H36O/c1-15(2)21(9,22)17-12-10-16(11-13-17)18(20(6,7)8)14-19(3,4)5/h10-13,15,18,22H,14H2,1-9H3. The van der Waals surface area contributed by atoms with E-state index in [0.717, 1.165) is 12.0 Å². The molecule has 1 rings (SSSR count). The van der Waals surface area contributed by atoms with Crippen molar-refractivity contribution < 1.29 is 5.11 Å². The molecule has 1 aromatic rings. The van der Waals surface area contributed by atoms with Gasteiger partial charge in [0.25, 0.3) is 0 Å². The molecular formula is C21H36O.